The quantitative estimate of drug-likeness (QED) is 0.146. The summed E-state index contributed by atoms with van der Waals surface area (Å²) in [7, 11) is 0. The Balaban J connectivity index is 0.000000187. The van der Waals surface area contributed by atoms with Crippen molar-refractivity contribution in [1.82, 2.24) is 59.8 Å². The number of pyridine rings is 12. The summed E-state index contributed by atoms with van der Waals surface area (Å²) in [5.41, 5.74) is 25.7. The Morgan fingerprint density at radius 3 is 0.267 bits per heavy atom. The fourth-order valence-corrected chi connectivity index (χ4v) is 8.11. The third kappa shape index (κ3) is 22.4. The zero-order chi connectivity index (χ0) is 59.8. The molecule has 0 aromatic carbocycles. The maximum Gasteiger partial charge on any atom is 0.0888 e. The zero-order valence-electron chi connectivity index (χ0n) is 50.9. The number of aromatic nitrogens is 12. The Bertz CT molecular complexity index is 3120. The van der Waals surface area contributed by atoms with E-state index in [-0.39, 0.29) is 34.1 Å². The largest absolute Gasteiger partial charge is 0.255 e. The van der Waals surface area contributed by atoms with Gasteiger partial charge in [0.2, 0.25) is 0 Å². The van der Waals surface area contributed by atoms with E-state index in [1.807, 2.05) is 220 Å². The minimum Gasteiger partial charge on any atom is -0.255 e. The zero-order valence-corrected chi connectivity index (χ0v) is 53.3. The maximum atomic E-state index is 4.29. The Hall–Kier alpha value is -9.16. The van der Waals surface area contributed by atoms with Crippen LogP contribution < -0.4 is 0 Å². The maximum absolute atomic E-state index is 4.29. The van der Waals surface area contributed by atoms with Crippen LogP contribution in [0.25, 0.3) is 68.3 Å². The smallest absolute Gasteiger partial charge is 0.0888 e. The fourth-order valence-electron chi connectivity index (χ4n) is 8.11. The van der Waals surface area contributed by atoms with Crippen LogP contribution in [0.5, 0.6) is 0 Å². The minimum absolute atomic E-state index is 0. The van der Waals surface area contributed by atoms with Crippen molar-refractivity contribution in [3.63, 3.8) is 0 Å². The molecule has 0 saturated carbocycles. The number of hydrogen-bond donors (Lipinski definition) is 0. The first-order valence-electron chi connectivity index (χ1n) is 27.7. The molecule has 86 heavy (non-hydrogen) atoms. The second-order valence-electron chi connectivity index (χ2n) is 20.6. The van der Waals surface area contributed by atoms with Crippen molar-refractivity contribution in [2.75, 3.05) is 0 Å². The van der Waals surface area contributed by atoms with Crippen LogP contribution in [-0.2, 0) is 34.1 Å². The Morgan fingerprint density at radius 1 is 0.140 bits per heavy atom. The van der Waals surface area contributed by atoms with Crippen LogP contribution in [-0.4, -0.2) is 59.8 Å². The van der Waals surface area contributed by atoms with Crippen molar-refractivity contribution in [2.45, 2.75) is 83.1 Å². The first kappa shape index (κ1) is 67.6. The van der Waals surface area contributed by atoms with E-state index in [0.29, 0.717) is 0 Å². The summed E-state index contributed by atoms with van der Waals surface area (Å²) >= 11 is 0. The second-order valence-corrected chi connectivity index (χ2v) is 20.6. The van der Waals surface area contributed by atoms with E-state index in [9.17, 15) is 0 Å². The SMILES string of the molecule is Cc1ccnc(-c2cc(C)ccn2)c1.Cc1ccnc(-c2cc(C)ccn2)c1.Cc1ccnc(-c2cc(C)ccn2)c1.Cc1ccnc(-c2cc(C)ccn2)c1.Cc1ccnc(-c2cc(C)ccn2)c1.Cc1ccnc(-c2cc(C)ccn2)c1.[Mn].[Mn]. The summed E-state index contributed by atoms with van der Waals surface area (Å²) in [4.78, 5) is 51.5. The molecule has 0 unspecified atom stereocenters. The van der Waals surface area contributed by atoms with Gasteiger partial charge in [0.25, 0.3) is 0 Å². The van der Waals surface area contributed by atoms with Crippen LogP contribution in [0.2, 0.25) is 0 Å². The van der Waals surface area contributed by atoms with E-state index in [1.165, 1.54) is 66.8 Å². The number of rotatable bonds is 6. The van der Waals surface area contributed by atoms with E-state index >= 15 is 0 Å². The van der Waals surface area contributed by atoms with Crippen molar-refractivity contribution in [3.8, 4) is 68.3 Å². The van der Waals surface area contributed by atoms with Crippen LogP contribution in [0.1, 0.15) is 66.8 Å². The predicted octanol–water partition coefficient (Wildman–Crippen LogP) is 16.6. The molecule has 2 radical (unpaired) electrons. The molecule has 0 aliphatic heterocycles. The van der Waals surface area contributed by atoms with Gasteiger partial charge in [-0.25, -0.2) is 0 Å². The molecule has 14 heteroatoms. The van der Waals surface area contributed by atoms with Gasteiger partial charge in [0.15, 0.2) is 0 Å². The molecule has 0 aliphatic carbocycles. The van der Waals surface area contributed by atoms with E-state index in [0.717, 1.165) is 68.3 Å². The summed E-state index contributed by atoms with van der Waals surface area (Å²) < 4.78 is 0. The molecule has 0 spiro atoms. The van der Waals surface area contributed by atoms with Crippen molar-refractivity contribution in [1.29, 1.82) is 0 Å². The molecule has 434 valence electrons. The fraction of sp³-hybridized carbons (Fsp3) is 0.167. The molecule has 0 atom stereocenters. The first-order chi connectivity index (χ1) is 40.5. The number of aryl methyl sites for hydroxylation is 12. The van der Waals surface area contributed by atoms with Gasteiger partial charge in [-0.15, -0.1) is 0 Å². The predicted molar refractivity (Wildman–Crippen MR) is 342 cm³/mol. The second kappa shape index (κ2) is 34.6. The summed E-state index contributed by atoms with van der Waals surface area (Å²) in [5.74, 6) is 0. The standard InChI is InChI=1S/6C12H12N2.2Mn/c6*1-9-3-5-13-11(7-9)12-8-10(2)4-6-14-12;;/h6*3-8H,1-2H3;;. The molecular weight excluding hydrogens is 1140 g/mol. The van der Waals surface area contributed by atoms with Gasteiger partial charge in [-0.05, 0) is 295 Å². The van der Waals surface area contributed by atoms with Gasteiger partial charge in [0.05, 0.1) is 68.3 Å². The molecule has 0 N–H and O–H groups in total. The summed E-state index contributed by atoms with van der Waals surface area (Å²) in [6.07, 6.45) is 21.8. The van der Waals surface area contributed by atoms with E-state index < -0.39 is 0 Å². The van der Waals surface area contributed by atoms with Gasteiger partial charge in [-0.3, -0.25) is 59.8 Å². The molecule has 12 aromatic rings. The van der Waals surface area contributed by atoms with Crippen LogP contribution in [0.3, 0.4) is 0 Å². The molecular formula is C72H72Mn2N12. The van der Waals surface area contributed by atoms with Gasteiger partial charge < -0.3 is 0 Å². The van der Waals surface area contributed by atoms with Crippen molar-refractivity contribution >= 4 is 0 Å². The molecule has 0 bridgehead atoms. The molecule has 0 amide bonds. The Morgan fingerprint density at radius 2 is 0.209 bits per heavy atom. The molecule has 12 nitrogen and oxygen atoms in total. The Labute approximate surface area is 528 Å². The number of nitrogens with zero attached hydrogens (tertiary/aromatic N) is 12. The molecule has 12 heterocycles. The minimum atomic E-state index is 0. The van der Waals surface area contributed by atoms with Gasteiger partial charge in [-0.2, -0.15) is 0 Å². The molecule has 0 fully saturated rings. The van der Waals surface area contributed by atoms with Crippen LogP contribution in [0.15, 0.2) is 220 Å². The van der Waals surface area contributed by atoms with Crippen LogP contribution >= 0.6 is 0 Å². The summed E-state index contributed by atoms with van der Waals surface area (Å²) in [5, 5.41) is 0. The summed E-state index contributed by atoms with van der Waals surface area (Å²) in [6, 6.07) is 48.3. The van der Waals surface area contributed by atoms with E-state index in [2.05, 4.69) is 143 Å². The molecule has 0 saturated heterocycles. The van der Waals surface area contributed by atoms with Gasteiger partial charge in [-0.1, -0.05) is 0 Å². The first-order valence-corrected chi connectivity index (χ1v) is 27.7. The third-order valence-corrected chi connectivity index (χ3v) is 12.6. The van der Waals surface area contributed by atoms with Gasteiger partial charge in [0, 0.05) is 108 Å². The Kier molecular flexibility index (Phi) is 27.2. The van der Waals surface area contributed by atoms with Crippen LogP contribution in [0.4, 0.5) is 0 Å². The number of hydrogen-bond acceptors (Lipinski definition) is 12. The normalized spacial score (nSPS) is 9.91. The van der Waals surface area contributed by atoms with E-state index in [4.69, 9.17) is 0 Å². The molecule has 12 rings (SSSR count). The molecule has 12 aromatic heterocycles. The van der Waals surface area contributed by atoms with Crippen LogP contribution in [0, 0.1) is 83.1 Å². The van der Waals surface area contributed by atoms with Gasteiger partial charge >= 0.3 is 0 Å². The van der Waals surface area contributed by atoms with Gasteiger partial charge in [0.1, 0.15) is 0 Å². The van der Waals surface area contributed by atoms with Crippen molar-refractivity contribution < 1.29 is 34.1 Å². The third-order valence-electron chi connectivity index (χ3n) is 12.6. The average Bonchev–Trinajstić information content (AvgIpc) is 3.70. The topological polar surface area (TPSA) is 155 Å². The monoisotopic (exact) mass is 1210 g/mol. The molecule has 0 aliphatic rings. The van der Waals surface area contributed by atoms with Crippen molar-refractivity contribution in [2.24, 2.45) is 0 Å². The summed E-state index contributed by atoms with van der Waals surface area (Å²) in [6.45, 7) is 24.7. The average molecular weight is 1220 g/mol. The van der Waals surface area contributed by atoms with E-state index in [1.54, 1.807) is 0 Å². The van der Waals surface area contributed by atoms with Crippen molar-refractivity contribution in [3.05, 3.63) is 287 Å².